The molecule has 0 aromatic carbocycles. The van der Waals surface area contributed by atoms with E-state index in [0.717, 1.165) is 32.2 Å². The molecule has 1 unspecified atom stereocenters. The number of aliphatic hydroxyl groups excluding tert-OH is 1. The summed E-state index contributed by atoms with van der Waals surface area (Å²) in [4.78, 5) is 14.1. The van der Waals surface area contributed by atoms with Gasteiger partial charge in [0.2, 0.25) is 5.78 Å². The number of carbonyl (C=O) groups excluding carboxylic acids is 1. The summed E-state index contributed by atoms with van der Waals surface area (Å²) in [6.45, 7) is 1.64. The first-order valence-electron chi connectivity index (χ1n) is 6.23. The van der Waals surface area contributed by atoms with E-state index in [1.807, 2.05) is 0 Å². The van der Waals surface area contributed by atoms with Gasteiger partial charge in [-0.3, -0.25) is 9.69 Å². The largest absolute Gasteiger partial charge is 0.461 e. The van der Waals surface area contributed by atoms with Crippen LogP contribution < -0.4 is 0 Å². The van der Waals surface area contributed by atoms with E-state index in [-0.39, 0.29) is 12.4 Å². The molecule has 1 atom stereocenters. The van der Waals surface area contributed by atoms with Gasteiger partial charge in [-0.2, -0.15) is 0 Å². The molecule has 2 rings (SSSR count). The smallest absolute Gasteiger partial charge is 0.211 e. The number of Topliss-reactive ketones (excluding diaryl/α,β-unsaturated/α-hetero) is 1. The lowest BCUT2D eigenvalue weighted by Gasteiger charge is -2.22. The van der Waals surface area contributed by atoms with Crippen molar-refractivity contribution in [3.8, 4) is 0 Å². The number of likely N-dealkylation sites (tertiary alicyclic amines) is 1. The number of aliphatic hydroxyl groups is 1. The minimum atomic E-state index is 0.0471. The number of rotatable bonds is 6. The molecule has 0 bridgehead atoms. The number of furan rings is 1. The Labute approximate surface area is 101 Å². The second kappa shape index (κ2) is 5.98. The number of hydrogen-bond acceptors (Lipinski definition) is 4. The summed E-state index contributed by atoms with van der Waals surface area (Å²) in [5.74, 6) is 0.490. The fourth-order valence-electron chi connectivity index (χ4n) is 2.46. The van der Waals surface area contributed by atoms with Gasteiger partial charge < -0.3 is 9.52 Å². The number of nitrogens with zero attached hydrogens (tertiary/aromatic N) is 1. The first-order chi connectivity index (χ1) is 8.31. The van der Waals surface area contributed by atoms with Crippen LogP contribution in [0.15, 0.2) is 22.8 Å². The third-order valence-electron chi connectivity index (χ3n) is 3.34. The maximum absolute atomic E-state index is 11.9. The monoisotopic (exact) mass is 237 g/mol. The highest BCUT2D eigenvalue weighted by atomic mass is 16.3. The first-order valence-corrected chi connectivity index (χ1v) is 6.23. The van der Waals surface area contributed by atoms with E-state index in [4.69, 9.17) is 9.52 Å². The van der Waals surface area contributed by atoms with Gasteiger partial charge in [0.25, 0.3) is 0 Å². The van der Waals surface area contributed by atoms with Gasteiger partial charge in [0, 0.05) is 12.6 Å². The first kappa shape index (κ1) is 12.3. The molecule has 1 fully saturated rings. The van der Waals surface area contributed by atoms with Crippen LogP contribution in [0.3, 0.4) is 0 Å². The molecule has 0 spiro atoms. The summed E-state index contributed by atoms with van der Waals surface area (Å²) in [5, 5.41) is 8.84. The van der Waals surface area contributed by atoms with Crippen molar-refractivity contribution in [1.29, 1.82) is 0 Å². The fourth-order valence-corrected chi connectivity index (χ4v) is 2.46. The Bertz CT molecular complexity index is 348. The number of hydrogen-bond donors (Lipinski definition) is 1. The molecule has 0 aliphatic carbocycles. The van der Waals surface area contributed by atoms with Crippen LogP contribution in [0, 0.1) is 0 Å². The van der Waals surface area contributed by atoms with Crippen molar-refractivity contribution in [2.24, 2.45) is 0 Å². The van der Waals surface area contributed by atoms with E-state index in [1.54, 1.807) is 12.1 Å². The predicted octanol–water partition coefficient (Wildman–Crippen LogP) is 1.70. The highest BCUT2D eigenvalue weighted by molar-refractivity contribution is 5.95. The van der Waals surface area contributed by atoms with E-state index < -0.39 is 0 Å². The zero-order valence-corrected chi connectivity index (χ0v) is 9.97. The Balaban J connectivity index is 1.87. The van der Waals surface area contributed by atoms with E-state index in [1.165, 1.54) is 6.26 Å². The minimum absolute atomic E-state index is 0.0471. The Morgan fingerprint density at radius 3 is 3.18 bits per heavy atom. The molecule has 1 N–H and O–H groups in total. The maximum Gasteiger partial charge on any atom is 0.211 e. The van der Waals surface area contributed by atoms with Crippen LogP contribution in [0.25, 0.3) is 0 Å². The van der Waals surface area contributed by atoms with Gasteiger partial charge in [0.05, 0.1) is 12.8 Å². The topological polar surface area (TPSA) is 53.7 Å². The third kappa shape index (κ3) is 3.17. The lowest BCUT2D eigenvalue weighted by atomic mass is 10.1. The van der Waals surface area contributed by atoms with E-state index in [2.05, 4.69) is 4.90 Å². The zero-order chi connectivity index (χ0) is 12.1. The molecule has 17 heavy (non-hydrogen) atoms. The number of carbonyl (C=O) groups is 1. The molecule has 1 saturated heterocycles. The Morgan fingerprint density at radius 1 is 1.59 bits per heavy atom. The average molecular weight is 237 g/mol. The average Bonchev–Trinajstić information content (AvgIpc) is 2.97. The molecule has 1 aromatic rings. The molecule has 0 saturated carbocycles. The van der Waals surface area contributed by atoms with Crippen LogP contribution in [-0.2, 0) is 0 Å². The quantitative estimate of drug-likeness (QED) is 0.765. The van der Waals surface area contributed by atoms with Crippen LogP contribution in [0.5, 0.6) is 0 Å². The molecule has 4 nitrogen and oxygen atoms in total. The van der Waals surface area contributed by atoms with E-state index >= 15 is 0 Å². The highest BCUT2D eigenvalue weighted by Crippen LogP contribution is 2.21. The van der Waals surface area contributed by atoms with Crippen LogP contribution in [0.1, 0.15) is 36.2 Å². The SMILES string of the molecule is O=C(CN1CCCC1CCCO)c1ccco1. The third-order valence-corrected chi connectivity index (χ3v) is 3.34. The maximum atomic E-state index is 11.9. The molecule has 1 aliphatic heterocycles. The Hall–Kier alpha value is -1.13. The molecule has 4 heteroatoms. The molecule has 94 valence electrons. The number of ketones is 1. The Morgan fingerprint density at radius 2 is 2.47 bits per heavy atom. The second-order valence-electron chi connectivity index (χ2n) is 4.53. The summed E-state index contributed by atoms with van der Waals surface area (Å²) in [6, 6.07) is 3.89. The van der Waals surface area contributed by atoms with Gasteiger partial charge in [-0.05, 0) is 44.4 Å². The predicted molar refractivity (Wildman–Crippen MR) is 64.0 cm³/mol. The summed E-state index contributed by atoms with van der Waals surface area (Å²) >= 11 is 0. The molecule has 1 aliphatic rings. The standard InChI is InChI=1S/C13H19NO3/c15-8-2-5-11-4-1-7-14(11)10-12(16)13-6-3-9-17-13/h3,6,9,11,15H,1-2,4-5,7-8,10H2. The normalized spacial score (nSPS) is 20.9. The molecule has 2 heterocycles. The van der Waals surface area contributed by atoms with Gasteiger partial charge in [0.1, 0.15) is 0 Å². The highest BCUT2D eigenvalue weighted by Gasteiger charge is 2.26. The molecule has 1 aromatic heterocycles. The van der Waals surface area contributed by atoms with Crippen molar-refractivity contribution >= 4 is 5.78 Å². The van der Waals surface area contributed by atoms with Crippen LogP contribution in [0.2, 0.25) is 0 Å². The van der Waals surface area contributed by atoms with Gasteiger partial charge in [0.15, 0.2) is 5.76 Å². The van der Waals surface area contributed by atoms with Gasteiger partial charge in [-0.1, -0.05) is 0 Å². The lowest BCUT2D eigenvalue weighted by Crippen LogP contribution is -2.34. The van der Waals surface area contributed by atoms with Crippen LogP contribution in [0.4, 0.5) is 0 Å². The van der Waals surface area contributed by atoms with Gasteiger partial charge in [-0.15, -0.1) is 0 Å². The van der Waals surface area contributed by atoms with Crippen molar-refractivity contribution in [3.05, 3.63) is 24.2 Å². The minimum Gasteiger partial charge on any atom is -0.461 e. The van der Waals surface area contributed by atoms with Crippen LogP contribution >= 0.6 is 0 Å². The summed E-state index contributed by atoms with van der Waals surface area (Å²) in [6.07, 6.45) is 5.59. The summed E-state index contributed by atoms with van der Waals surface area (Å²) in [5.41, 5.74) is 0. The fraction of sp³-hybridized carbons (Fsp3) is 0.615. The molecule has 0 amide bonds. The van der Waals surface area contributed by atoms with Gasteiger partial charge >= 0.3 is 0 Å². The lowest BCUT2D eigenvalue weighted by molar-refractivity contribution is 0.0888. The molecular weight excluding hydrogens is 218 g/mol. The molecule has 0 radical (unpaired) electrons. The van der Waals surface area contributed by atoms with Crippen molar-refractivity contribution < 1.29 is 14.3 Å². The van der Waals surface area contributed by atoms with E-state index in [9.17, 15) is 4.79 Å². The van der Waals surface area contributed by atoms with Crippen molar-refractivity contribution in [2.75, 3.05) is 19.7 Å². The summed E-state index contributed by atoms with van der Waals surface area (Å²) in [7, 11) is 0. The van der Waals surface area contributed by atoms with Gasteiger partial charge in [-0.25, -0.2) is 0 Å². The summed E-state index contributed by atoms with van der Waals surface area (Å²) < 4.78 is 5.11. The molecular formula is C13H19NO3. The van der Waals surface area contributed by atoms with Crippen LogP contribution in [-0.4, -0.2) is 41.5 Å². The van der Waals surface area contributed by atoms with Crippen molar-refractivity contribution in [3.63, 3.8) is 0 Å². The van der Waals surface area contributed by atoms with Crippen molar-refractivity contribution in [2.45, 2.75) is 31.7 Å². The second-order valence-corrected chi connectivity index (χ2v) is 4.53. The van der Waals surface area contributed by atoms with E-state index in [0.29, 0.717) is 18.3 Å². The zero-order valence-electron chi connectivity index (χ0n) is 9.97. The Kier molecular flexibility index (Phi) is 4.34. The van der Waals surface area contributed by atoms with Crippen molar-refractivity contribution in [1.82, 2.24) is 4.90 Å².